The lowest BCUT2D eigenvalue weighted by atomic mass is 9.91. The quantitative estimate of drug-likeness (QED) is 0.167. The first kappa shape index (κ1) is 29.4. The predicted molar refractivity (Wildman–Crippen MR) is 232 cm³/mol. The number of aromatic nitrogens is 3. The van der Waals surface area contributed by atoms with E-state index >= 15 is 0 Å². The third-order valence-corrected chi connectivity index (χ3v) is 12.7. The van der Waals surface area contributed by atoms with Gasteiger partial charge in [-0.1, -0.05) is 115 Å². The largest absolute Gasteiger partial charge is 0.436 e. The highest BCUT2D eigenvalue weighted by Crippen LogP contribution is 2.46. The van der Waals surface area contributed by atoms with Crippen LogP contribution in [0.4, 0.5) is 0 Å². The van der Waals surface area contributed by atoms with Crippen LogP contribution in [0, 0.1) is 0 Å². The number of fused-ring (bicyclic) bond motifs is 17. The van der Waals surface area contributed by atoms with Gasteiger partial charge in [0.15, 0.2) is 5.82 Å². The smallest absolute Gasteiger partial charge is 0.247 e. The van der Waals surface area contributed by atoms with Gasteiger partial charge in [0.25, 0.3) is 0 Å². The maximum Gasteiger partial charge on any atom is 0.247 e. The first-order valence-electron chi connectivity index (χ1n) is 18.6. The maximum atomic E-state index is 6.43. The van der Waals surface area contributed by atoms with E-state index < -0.39 is 0 Å². The summed E-state index contributed by atoms with van der Waals surface area (Å²) in [5, 5.41) is 15.7. The van der Waals surface area contributed by atoms with Crippen LogP contribution in [0.25, 0.3) is 124 Å². The molecule has 0 aliphatic carbocycles. The monoisotopic (exact) mass is 717 g/mol. The molecular formula is C50H27N3OS. The normalized spacial score (nSPS) is 12.4. The van der Waals surface area contributed by atoms with Gasteiger partial charge in [0.05, 0.1) is 11.0 Å². The second kappa shape index (κ2) is 10.8. The van der Waals surface area contributed by atoms with Gasteiger partial charge in [-0.15, -0.1) is 11.3 Å². The summed E-state index contributed by atoms with van der Waals surface area (Å²) in [5.74, 6) is 0.776. The van der Waals surface area contributed by atoms with Crippen molar-refractivity contribution >= 4 is 119 Å². The molecular weight excluding hydrogens is 691 g/mol. The third-order valence-electron chi connectivity index (χ3n) is 11.6. The Morgan fingerprint density at radius 2 is 1.07 bits per heavy atom. The summed E-state index contributed by atoms with van der Waals surface area (Å²) < 4.78 is 11.3. The van der Waals surface area contributed by atoms with Crippen molar-refractivity contribution in [1.82, 2.24) is 14.5 Å². The van der Waals surface area contributed by atoms with Crippen LogP contribution < -0.4 is 0 Å². The van der Waals surface area contributed by atoms with E-state index in [2.05, 4.69) is 150 Å². The van der Waals surface area contributed by atoms with Gasteiger partial charge in [0, 0.05) is 47.3 Å². The van der Waals surface area contributed by atoms with E-state index in [0.29, 0.717) is 5.71 Å². The van der Waals surface area contributed by atoms with Gasteiger partial charge in [-0.3, -0.25) is 4.57 Å². The van der Waals surface area contributed by atoms with Crippen molar-refractivity contribution in [2.24, 2.45) is 0 Å². The highest BCUT2D eigenvalue weighted by molar-refractivity contribution is 7.25. The summed E-state index contributed by atoms with van der Waals surface area (Å²) in [7, 11) is 0. The minimum Gasteiger partial charge on any atom is -0.436 e. The molecule has 0 fully saturated rings. The fourth-order valence-electron chi connectivity index (χ4n) is 9.15. The summed E-state index contributed by atoms with van der Waals surface area (Å²) in [6.45, 7) is 0. The molecule has 4 heterocycles. The van der Waals surface area contributed by atoms with Gasteiger partial charge in [-0.2, -0.15) is 0 Å². The van der Waals surface area contributed by atoms with Crippen molar-refractivity contribution in [3.63, 3.8) is 0 Å². The zero-order chi connectivity index (χ0) is 35.8. The van der Waals surface area contributed by atoms with Crippen LogP contribution >= 0.6 is 11.3 Å². The molecule has 9 aromatic carbocycles. The van der Waals surface area contributed by atoms with Gasteiger partial charge in [-0.25, -0.2) is 9.97 Å². The van der Waals surface area contributed by atoms with Crippen molar-refractivity contribution in [3.8, 4) is 17.1 Å². The van der Waals surface area contributed by atoms with E-state index in [1.165, 1.54) is 74.0 Å². The van der Waals surface area contributed by atoms with E-state index in [1.807, 2.05) is 29.5 Å². The molecule has 13 rings (SSSR count). The number of para-hydroxylation sites is 1. The van der Waals surface area contributed by atoms with E-state index in [-0.39, 0.29) is 0 Å². The first-order chi connectivity index (χ1) is 27.3. The van der Waals surface area contributed by atoms with Crippen LogP contribution in [-0.2, 0) is 0 Å². The lowest BCUT2D eigenvalue weighted by molar-refractivity contribution is 0.653. The third kappa shape index (κ3) is 4.00. The molecule has 0 saturated carbocycles. The van der Waals surface area contributed by atoms with Crippen LogP contribution in [0.3, 0.4) is 0 Å². The van der Waals surface area contributed by atoms with Gasteiger partial charge >= 0.3 is 0 Å². The molecule has 4 nitrogen and oxygen atoms in total. The molecule has 0 unspecified atom stereocenters. The Balaban J connectivity index is 1.24. The van der Waals surface area contributed by atoms with Crippen molar-refractivity contribution in [3.05, 3.63) is 164 Å². The van der Waals surface area contributed by atoms with Crippen LogP contribution in [0.5, 0.6) is 0 Å². The average Bonchev–Trinajstić information content (AvgIpc) is 3.91. The van der Waals surface area contributed by atoms with Crippen molar-refractivity contribution < 1.29 is 4.42 Å². The number of hydrogen-bond donors (Lipinski definition) is 0. The molecule has 4 aromatic heterocycles. The molecule has 5 heteroatoms. The second-order valence-electron chi connectivity index (χ2n) is 14.5. The van der Waals surface area contributed by atoms with Gasteiger partial charge in [0.1, 0.15) is 16.8 Å². The van der Waals surface area contributed by atoms with Crippen molar-refractivity contribution in [2.45, 2.75) is 0 Å². The minimum atomic E-state index is 0.532. The highest BCUT2D eigenvalue weighted by Gasteiger charge is 2.24. The van der Waals surface area contributed by atoms with Gasteiger partial charge < -0.3 is 4.42 Å². The molecule has 0 spiro atoms. The van der Waals surface area contributed by atoms with Crippen molar-refractivity contribution in [1.29, 1.82) is 0 Å². The van der Waals surface area contributed by atoms with E-state index in [4.69, 9.17) is 14.4 Å². The summed E-state index contributed by atoms with van der Waals surface area (Å²) in [5.41, 5.74) is 6.01. The van der Waals surface area contributed by atoms with E-state index in [9.17, 15) is 0 Å². The molecule has 0 amide bonds. The molecule has 0 radical (unpaired) electrons. The lowest BCUT2D eigenvalue weighted by Gasteiger charge is -2.14. The SMILES string of the molecule is c1ccc2cc3c(cc2c1)c1c2c4ccccc4c4ccccc4c2ccc1n3-c1nc2c(nc1-c1ccc3sc4ccccc4c3c1)oc1ccccc12. The minimum absolute atomic E-state index is 0.532. The molecule has 13 aromatic rings. The van der Waals surface area contributed by atoms with Gasteiger partial charge in [0.2, 0.25) is 5.71 Å². The Hall–Kier alpha value is -7.08. The Morgan fingerprint density at radius 1 is 0.436 bits per heavy atom. The first-order valence-corrected chi connectivity index (χ1v) is 19.4. The zero-order valence-electron chi connectivity index (χ0n) is 29.2. The molecule has 55 heavy (non-hydrogen) atoms. The Morgan fingerprint density at radius 3 is 1.89 bits per heavy atom. The van der Waals surface area contributed by atoms with Gasteiger partial charge in [-0.05, 0) is 86.2 Å². The number of furan rings is 1. The number of nitrogens with zero attached hydrogens (tertiary/aromatic N) is 3. The Labute approximate surface area is 317 Å². The summed E-state index contributed by atoms with van der Waals surface area (Å²) in [6.07, 6.45) is 0. The number of benzene rings is 9. The molecule has 0 atom stereocenters. The summed E-state index contributed by atoms with van der Waals surface area (Å²) in [4.78, 5) is 11.0. The number of rotatable bonds is 2. The average molecular weight is 718 g/mol. The molecule has 0 saturated heterocycles. The van der Waals surface area contributed by atoms with Crippen molar-refractivity contribution in [2.75, 3.05) is 0 Å². The van der Waals surface area contributed by atoms with Crippen LogP contribution in [0.1, 0.15) is 0 Å². The van der Waals surface area contributed by atoms with E-state index in [0.717, 1.165) is 44.6 Å². The lowest BCUT2D eigenvalue weighted by Crippen LogP contribution is -2.03. The Kier molecular flexibility index (Phi) is 5.74. The topological polar surface area (TPSA) is 43.9 Å². The molecule has 0 aliphatic rings. The van der Waals surface area contributed by atoms with Crippen LogP contribution in [0.15, 0.2) is 168 Å². The fourth-order valence-corrected chi connectivity index (χ4v) is 10.2. The predicted octanol–water partition coefficient (Wildman–Crippen LogP) is 14.1. The number of hydrogen-bond acceptors (Lipinski definition) is 4. The Bertz CT molecular complexity index is 3760. The molecule has 0 aliphatic heterocycles. The molecule has 0 bridgehead atoms. The summed E-state index contributed by atoms with van der Waals surface area (Å²) in [6, 6.07) is 59.1. The van der Waals surface area contributed by atoms with E-state index in [1.54, 1.807) is 0 Å². The standard InChI is InChI=1S/C50H27N3OS/c1-2-12-29-27-41-39(25-28(29)11-1)46-40(23-22-36-33-15-4-3-13-31(33)32-14-5-6-17-35(32)45(36)46)53(41)49-47(52-50-48(51-49)37-18-7-9-19-42(37)54-50)30-21-24-44-38(26-30)34-16-8-10-20-43(34)55-44/h1-27H. The zero-order valence-corrected chi connectivity index (χ0v) is 30.1. The summed E-state index contributed by atoms with van der Waals surface area (Å²) >= 11 is 1.82. The van der Waals surface area contributed by atoms with Crippen LogP contribution in [-0.4, -0.2) is 14.5 Å². The second-order valence-corrected chi connectivity index (χ2v) is 15.6. The maximum absolute atomic E-state index is 6.43. The molecule has 254 valence electrons. The number of thiophene rings is 1. The van der Waals surface area contributed by atoms with Crippen LogP contribution in [0.2, 0.25) is 0 Å². The highest BCUT2D eigenvalue weighted by atomic mass is 32.1. The molecule has 0 N–H and O–H groups in total. The fraction of sp³-hybridized carbons (Fsp3) is 0.